The summed E-state index contributed by atoms with van der Waals surface area (Å²) in [6, 6.07) is 4.48. The Morgan fingerprint density at radius 1 is 1.47 bits per heavy atom. The molecule has 2 rings (SSSR count). The molecule has 92 valence electrons. The molecular formula is C13H15BrFNO. The molecule has 1 aliphatic rings. The predicted octanol–water partition coefficient (Wildman–Crippen LogP) is 3.30. The Balaban J connectivity index is 2.32. The van der Waals surface area contributed by atoms with Gasteiger partial charge in [-0.15, -0.1) is 0 Å². The summed E-state index contributed by atoms with van der Waals surface area (Å²) in [4.78, 5) is 12.4. The summed E-state index contributed by atoms with van der Waals surface area (Å²) >= 11 is 3.27. The SMILES string of the molecule is CC1(C(=O)c2cc(Br)ccc2F)CCCCN1. The van der Waals surface area contributed by atoms with Gasteiger partial charge in [-0.25, -0.2) is 4.39 Å². The molecule has 0 saturated carbocycles. The van der Waals surface area contributed by atoms with E-state index in [4.69, 9.17) is 0 Å². The van der Waals surface area contributed by atoms with Gasteiger partial charge in [-0.2, -0.15) is 0 Å². The van der Waals surface area contributed by atoms with E-state index in [-0.39, 0.29) is 11.3 Å². The molecule has 0 bridgehead atoms. The van der Waals surface area contributed by atoms with E-state index in [1.54, 1.807) is 12.1 Å². The lowest BCUT2D eigenvalue weighted by Crippen LogP contribution is -2.52. The highest BCUT2D eigenvalue weighted by molar-refractivity contribution is 9.10. The van der Waals surface area contributed by atoms with Crippen LogP contribution in [0.15, 0.2) is 22.7 Å². The standard InChI is InChI=1S/C13H15BrFNO/c1-13(6-2-3-7-16-13)12(17)10-8-9(14)4-5-11(10)15/h4-5,8,16H,2-3,6-7H2,1H3. The van der Waals surface area contributed by atoms with Crippen molar-refractivity contribution in [3.63, 3.8) is 0 Å². The molecule has 1 N–H and O–H groups in total. The van der Waals surface area contributed by atoms with E-state index in [1.165, 1.54) is 6.07 Å². The van der Waals surface area contributed by atoms with Gasteiger partial charge in [0.25, 0.3) is 0 Å². The van der Waals surface area contributed by atoms with Crippen molar-refractivity contribution in [2.75, 3.05) is 6.54 Å². The lowest BCUT2D eigenvalue weighted by atomic mass is 9.83. The first-order valence-corrected chi connectivity index (χ1v) is 6.57. The second kappa shape index (κ2) is 4.86. The van der Waals surface area contributed by atoms with Crippen molar-refractivity contribution in [3.8, 4) is 0 Å². The minimum absolute atomic E-state index is 0.156. The second-order valence-electron chi connectivity index (χ2n) is 4.67. The first kappa shape index (κ1) is 12.7. The van der Waals surface area contributed by atoms with E-state index in [1.807, 2.05) is 6.92 Å². The molecule has 0 spiro atoms. The first-order chi connectivity index (χ1) is 8.03. The van der Waals surface area contributed by atoms with Crippen molar-refractivity contribution < 1.29 is 9.18 Å². The molecule has 0 radical (unpaired) electrons. The Hall–Kier alpha value is -0.740. The van der Waals surface area contributed by atoms with E-state index in [9.17, 15) is 9.18 Å². The second-order valence-corrected chi connectivity index (χ2v) is 5.58. The Labute approximate surface area is 109 Å². The van der Waals surface area contributed by atoms with Crippen LogP contribution in [0.1, 0.15) is 36.5 Å². The number of benzene rings is 1. The van der Waals surface area contributed by atoms with Gasteiger partial charge in [0.1, 0.15) is 5.82 Å². The first-order valence-electron chi connectivity index (χ1n) is 5.78. The monoisotopic (exact) mass is 299 g/mol. The molecule has 1 fully saturated rings. The van der Waals surface area contributed by atoms with Gasteiger partial charge < -0.3 is 5.32 Å². The van der Waals surface area contributed by atoms with E-state index < -0.39 is 11.4 Å². The summed E-state index contributed by atoms with van der Waals surface area (Å²) in [6.07, 6.45) is 2.84. The Kier molecular flexibility index (Phi) is 3.64. The van der Waals surface area contributed by atoms with Gasteiger partial charge in [0, 0.05) is 4.47 Å². The number of piperidine rings is 1. The molecule has 4 heteroatoms. The number of rotatable bonds is 2. The number of Topliss-reactive ketones (excluding diaryl/α,β-unsaturated/α-hetero) is 1. The zero-order valence-electron chi connectivity index (χ0n) is 9.72. The van der Waals surface area contributed by atoms with E-state index in [2.05, 4.69) is 21.2 Å². The van der Waals surface area contributed by atoms with Gasteiger partial charge in [0.15, 0.2) is 5.78 Å². The van der Waals surface area contributed by atoms with Gasteiger partial charge in [0.05, 0.1) is 11.1 Å². The van der Waals surface area contributed by atoms with Crippen molar-refractivity contribution in [1.82, 2.24) is 5.32 Å². The molecule has 0 aromatic heterocycles. The predicted molar refractivity (Wildman–Crippen MR) is 68.7 cm³/mol. The molecule has 1 aliphatic heterocycles. The highest BCUT2D eigenvalue weighted by atomic mass is 79.9. The van der Waals surface area contributed by atoms with Gasteiger partial charge in [0.2, 0.25) is 0 Å². The Morgan fingerprint density at radius 2 is 2.24 bits per heavy atom. The van der Waals surface area contributed by atoms with E-state index in [0.29, 0.717) is 0 Å². The maximum Gasteiger partial charge on any atom is 0.185 e. The van der Waals surface area contributed by atoms with Crippen molar-refractivity contribution >= 4 is 21.7 Å². The molecule has 1 aromatic carbocycles. The number of hydrogen-bond donors (Lipinski definition) is 1. The van der Waals surface area contributed by atoms with Gasteiger partial charge >= 0.3 is 0 Å². The fourth-order valence-electron chi connectivity index (χ4n) is 2.22. The average molecular weight is 300 g/mol. The highest BCUT2D eigenvalue weighted by Crippen LogP contribution is 2.26. The smallest absolute Gasteiger partial charge is 0.185 e. The van der Waals surface area contributed by atoms with Crippen LogP contribution in [0.4, 0.5) is 4.39 Å². The number of ketones is 1. The van der Waals surface area contributed by atoms with Crippen LogP contribution in [0.5, 0.6) is 0 Å². The molecule has 17 heavy (non-hydrogen) atoms. The van der Waals surface area contributed by atoms with Gasteiger partial charge in [-0.05, 0) is 50.9 Å². The molecule has 0 aliphatic carbocycles. The summed E-state index contributed by atoms with van der Waals surface area (Å²) in [5.41, 5.74) is -0.462. The molecule has 0 amide bonds. The van der Waals surface area contributed by atoms with Crippen LogP contribution >= 0.6 is 15.9 Å². The molecule has 2 nitrogen and oxygen atoms in total. The average Bonchev–Trinajstić information content (AvgIpc) is 2.32. The van der Waals surface area contributed by atoms with Crippen LogP contribution in [0.3, 0.4) is 0 Å². The van der Waals surface area contributed by atoms with Crippen molar-refractivity contribution in [2.45, 2.75) is 31.7 Å². The molecule has 1 atom stereocenters. The fraction of sp³-hybridized carbons (Fsp3) is 0.462. The van der Waals surface area contributed by atoms with Crippen LogP contribution in [-0.2, 0) is 0 Å². The Bertz CT molecular complexity index is 441. The zero-order valence-corrected chi connectivity index (χ0v) is 11.3. The zero-order chi connectivity index (χ0) is 12.5. The molecule has 1 aromatic rings. The van der Waals surface area contributed by atoms with Crippen molar-refractivity contribution in [1.29, 1.82) is 0 Å². The summed E-state index contributed by atoms with van der Waals surface area (Å²) in [7, 11) is 0. The summed E-state index contributed by atoms with van der Waals surface area (Å²) in [6.45, 7) is 2.67. The third-order valence-corrected chi connectivity index (χ3v) is 3.79. The largest absolute Gasteiger partial charge is 0.305 e. The Morgan fingerprint density at radius 3 is 2.88 bits per heavy atom. The molecule has 1 heterocycles. The maximum atomic E-state index is 13.7. The molecule has 1 unspecified atom stereocenters. The third-order valence-electron chi connectivity index (χ3n) is 3.29. The fourth-order valence-corrected chi connectivity index (χ4v) is 2.58. The van der Waals surface area contributed by atoms with Crippen LogP contribution in [-0.4, -0.2) is 17.9 Å². The highest BCUT2D eigenvalue weighted by Gasteiger charge is 2.36. The normalized spacial score (nSPS) is 24.6. The lowest BCUT2D eigenvalue weighted by molar-refractivity contribution is 0.0830. The summed E-state index contributed by atoms with van der Waals surface area (Å²) in [5, 5.41) is 3.21. The van der Waals surface area contributed by atoms with Crippen molar-refractivity contribution in [2.24, 2.45) is 0 Å². The van der Waals surface area contributed by atoms with Crippen molar-refractivity contribution in [3.05, 3.63) is 34.1 Å². The number of carbonyl (C=O) groups is 1. The number of halogens is 2. The topological polar surface area (TPSA) is 29.1 Å². The lowest BCUT2D eigenvalue weighted by Gasteiger charge is -2.33. The van der Waals surface area contributed by atoms with Gasteiger partial charge in [-0.3, -0.25) is 4.79 Å². The van der Waals surface area contributed by atoms with E-state index >= 15 is 0 Å². The van der Waals surface area contributed by atoms with Crippen LogP contribution in [0.2, 0.25) is 0 Å². The van der Waals surface area contributed by atoms with Crippen LogP contribution in [0, 0.1) is 5.82 Å². The third kappa shape index (κ3) is 2.58. The minimum Gasteiger partial charge on any atom is -0.305 e. The molecule has 1 saturated heterocycles. The number of carbonyl (C=O) groups excluding carboxylic acids is 1. The number of nitrogens with one attached hydrogen (secondary N) is 1. The van der Waals surface area contributed by atoms with Crippen LogP contribution < -0.4 is 5.32 Å². The quantitative estimate of drug-likeness (QED) is 0.849. The minimum atomic E-state index is -0.625. The number of hydrogen-bond acceptors (Lipinski definition) is 2. The van der Waals surface area contributed by atoms with Gasteiger partial charge in [-0.1, -0.05) is 15.9 Å². The maximum absolute atomic E-state index is 13.7. The summed E-state index contributed by atoms with van der Waals surface area (Å²) in [5.74, 6) is -0.609. The van der Waals surface area contributed by atoms with Crippen LogP contribution in [0.25, 0.3) is 0 Å². The van der Waals surface area contributed by atoms with E-state index in [0.717, 1.165) is 30.3 Å². The molecular weight excluding hydrogens is 285 g/mol. The summed E-state index contributed by atoms with van der Waals surface area (Å²) < 4.78 is 14.4.